The van der Waals surface area contributed by atoms with Gasteiger partial charge in [0.1, 0.15) is 48.8 Å². The number of benzene rings is 1. The van der Waals surface area contributed by atoms with Gasteiger partial charge in [-0.05, 0) is 6.07 Å². The van der Waals surface area contributed by atoms with E-state index in [-0.39, 0.29) is 29.5 Å². The molecule has 16 nitrogen and oxygen atoms in total. The molecule has 36 heavy (non-hydrogen) atoms. The molecule has 0 radical (unpaired) electrons. The summed E-state index contributed by atoms with van der Waals surface area (Å²) in [4.78, 5) is 10.8. The minimum atomic E-state index is -1.80. The van der Waals surface area contributed by atoms with Crippen molar-refractivity contribution in [3.8, 4) is 11.5 Å². The quantitative estimate of drug-likeness (QED) is 0.129. The Hall–Kier alpha value is -2.22. The van der Waals surface area contributed by atoms with Gasteiger partial charge in [0.05, 0.1) is 36.4 Å². The molecule has 1 aromatic carbocycles. The average molecular weight is 521 g/mol. The van der Waals surface area contributed by atoms with E-state index in [1.807, 2.05) is 0 Å². The van der Waals surface area contributed by atoms with E-state index in [0.717, 1.165) is 6.07 Å². The largest absolute Gasteiger partial charge is 0.454 e. The summed E-state index contributed by atoms with van der Waals surface area (Å²) >= 11 is 0. The molecule has 7 N–H and O–H groups in total. The van der Waals surface area contributed by atoms with Gasteiger partial charge in [-0.25, -0.2) is 0 Å². The molecule has 16 heteroatoms. The summed E-state index contributed by atoms with van der Waals surface area (Å²) in [7, 11) is 0. The number of fused-ring (bicyclic) bond motifs is 1. The van der Waals surface area contributed by atoms with Crippen molar-refractivity contribution in [2.45, 2.75) is 68.0 Å². The maximum Gasteiger partial charge on any atom is 0.278 e. The Kier molecular flexibility index (Phi) is 8.22. The summed E-state index contributed by atoms with van der Waals surface area (Å²) in [5.41, 5.74) is -0.276. The van der Waals surface area contributed by atoms with Crippen LogP contribution < -0.4 is 9.47 Å². The molecule has 0 aromatic heterocycles. The van der Waals surface area contributed by atoms with Crippen LogP contribution in [-0.2, 0) is 25.6 Å². The van der Waals surface area contributed by atoms with E-state index in [2.05, 4.69) is 0 Å². The first-order valence-corrected chi connectivity index (χ1v) is 10.9. The molecular formula is C20H27NO15. The van der Waals surface area contributed by atoms with Crippen molar-refractivity contribution in [3.05, 3.63) is 27.8 Å². The normalized spacial score (nSPS) is 38.2. The van der Waals surface area contributed by atoms with Gasteiger partial charge < -0.3 is 64.2 Å². The van der Waals surface area contributed by atoms with E-state index in [1.165, 1.54) is 6.07 Å². The molecule has 10 atom stereocenters. The lowest BCUT2D eigenvalue weighted by Gasteiger charge is -2.45. The molecule has 4 rings (SSSR count). The van der Waals surface area contributed by atoms with Crippen LogP contribution in [0.25, 0.3) is 0 Å². The Bertz CT molecular complexity index is 929. The standard InChI is InChI=1S/C20H27NO15/c22-3-11-13(24)14(25)16(27)20(34-11)36-18-12(4-23)35-19(17(28)15(18)26)31-5-7-1-9-10(33-6-32-9)2-8(7)21(29)30/h1-2,11-20,22-28H,3-6H2/t11?,12?,13-,14?,15?,16?,17?,18+,19-,20-/m0/s1. The zero-order chi connectivity index (χ0) is 26.1. The zero-order valence-corrected chi connectivity index (χ0v) is 18.6. The molecule has 3 heterocycles. The molecule has 3 aliphatic rings. The summed E-state index contributed by atoms with van der Waals surface area (Å²) in [6.45, 7) is -2.03. The number of rotatable bonds is 8. The van der Waals surface area contributed by atoms with Gasteiger partial charge in [-0.15, -0.1) is 0 Å². The van der Waals surface area contributed by atoms with Crippen molar-refractivity contribution in [2.24, 2.45) is 0 Å². The van der Waals surface area contributed by atoms with Crippen LogP contribution in [0.1, 0.15) is 5.56 Å². The molecule has 3 aliphatic heterocycles. The van der Waals surface area contributed by atoms with Gasteiger partial charge in [0.2, 0.25) is 6.79 Å². The second-order valence-electron chi connectivity index (χ2n) is 8.41. The molecule has 0 bridgehead atoms. The Balaban J connectivity index is 1.45. The number of aliphatic hydroxyl groups excluding tert-OH is 7. The van der Waals surface area contributed by atoms with E-state index in [4.69, 9.17) is 28.4 Å². The second-order valence-corrected chi connectivity index (χ2v) is 8.41. The van der Waals surface area contributed by atoms with Gasteiger partial charge in [-0.2, -0.15) is 0 Å². The first-order valence-electron chi connectivity index (χ1n) is 10.9. The number of hydrogen-bond donors (Lipinski definition) is 7. The van der Waals surface area contributed by atoms with E-state index < -0.39 is 86.2 Å². The number of hydrogen-bond acceptors (Lipinski definition) is 15. The van der Waals surface area contributed by atoms with Crippen LogP contribution in [0.5, 0.6) is 11.5 Å². The van der Waals surface area contributed by atoms with Crippen molar-refractivity contribution in [2.75, 3.05) is 20.0 Å². The minimum Gasteiger partial charge on any atom is -0.454 e. The predicted octanol–water partition coefficient (Wildman–Crippen LogP) is -3.54. The van der Waals surface area contributed by atoms with Crippen LogP contribution in [0.2, 0.25) is 0 Å². The van der Waals surface area contributed by atoms with E-state index >= 15 is 0 Å². The Labute approximate surface area is 202 Å². The third kappa shape index (κ3) is 5.11. The van der Waals surface area contributed by atoms with E-state index in [9.17, 15) is 45.9 Å². The zero-order valence-electron chi connectivity index (χ0n) is 18.6. The van der Waals surface area contributed by atoms with Crippen LogP contribution in [0, 0.1) is 10.1 Å². The molecule has 6 unspecified atom stereocenters. The average Bonchev–Trinajstić information content (AvgIpc) is 3.33. The topological polar surface area (TPSA) is 240 Å². The highest BCUT2D eigenvalue weighted by atomic mass is 16.7. The molecule has 1 aromatic rings. The molecule has 0 saturated carbocycles. The Morgan fingerprint density at radius 3 is 2.11 bits per heavy atom. The lowest BCUT2D eigenvalue weighted by Crippen LogP contribution is -2.64. The summed E-state index contributed by atoms with van der Waals surface area (Å²) in [5.74, 6) is 0.439. The lowest BCUT2D eigenvalue weighted by molar-refractivity contribution is -0.386. The summed E-state index contributed by atoms with van der Waals surface area (Å²) in [5, 5.41) is 81.7. The van der Waals surface area contributed by atoms with Crippen molar-refractivity contribution < 1.29 is 69.1 Å². The third-order valence-electron chi connectivity index (χ3n) is 6.13. The van der Waals surface area contributed by atoms with Crippen LogP contribution in [0.3, 0.4) is 0 Å². The van der Waals surface area contributed by atoms with E-state index in [0.29, 0.717) is 0 Å². The highest BCUT2D eigenvalue weighted by Crippen LogP contribution is 2.38. The molecule has 0 aliphatic carbocycles. The van der Waals surface area contributed by atoms with Crippen molar-refractivity contribution in [1.82, 2.24) is 0 Å². The molecule has 2 fully saturated rings. The minimum absolute atomic E-state index is 0.0646. The van der Waals surface area contributed by atoms with Crippen molar-refractivity contribution >= 4 is 5.69 Å². The summed E-state index contributed by atoms with van der Waals surface area (Å²) in [6.07, 6.45) is -16.1. The van der Waals surface area contributed by atoms with Gasteiger partial charge in [0, 0.05) is 0 Å². The molecular weight excluding hydrogens is 494 g/mol. The molecule has 202 valence electrons. The molecule has 2 saturated heterocycles. The number of nitro groups is 1. The fourth-order valence-corrected chi connectivity index (χ4v) is 4.12. The maximum atomic E-state index is 11.4. The van der Waals surface area contributed by atoms with Crippen LogP contribution in [0.15, 0.2) is 12.1 Å². The fraction of sp³-hybridized carbons (Fsp3) is 0.700. The monoisotopic (exact) mass is 521 g/mol. The van der Waals surface area contributed by atoms with Gasteiger partial charge in [-0.3, -0.25) is 10.1 Å². The first kappa shape index (κ1) is 26.8. The number of nitrogens with zero attached hydrogens (tertiary/aromatic N) is 1. The smallest absolute Gasteiger partial charge is 0.278 e. The number of nitro benzene ring substituents is 1. The van der Waals surface area contributed by atoms with Gasteiger partial charge in [0.25, 0.3) is 5.69 Å². The SMILES string of the molecule is O=[N+]([O-])c1cc2c(cc1CO[C@H]1OC(CO)[C@@H](O[C@@H]3OC(CO)[C@H](O)C(O)C3O)C(O)C1O)OCO2. The molecule has 0 spiro atoms. The highest BCUT2D eigenvalue weighted by molar-refractivity contribution is 5.55. The van der Waals surface area contributed by atoms with Crippen molar-refractivity contribution in [3.63, 3.8) is 0 Å². The highest BCUT2D eigenvalue weighted by Gasteiger charge is 2.50. The van der Waals surface area contributed by atoms with Crippen molar-refractivity contribution in [1.29, 1.82) is 0 Å². The van der Waals surface area contributed by atoms with Crippen LogP contribution >= 0.6 is 0 Å². The summed E-state index contributed by atoms with van der Waals surface area (Å²) in [6, 6.07) is 2.50. The lowest BCUT2D eigenvalue weighted by atomic mass is 9.97. The van der Waals surface area contributed by atoms with E-state index in [1.54, 1.807) is 0 Å². The van der Waals surface area contributed by atoms with Gasteiger partial charge in [0.15, 0.2) is 24.1 Å². The second kappa shape index (κ2) is 11.0. The van der Waals surface area contributed by atoms with Crippen LogP contribution in [0.4, 0.5) is 5.69 Å². The van der Waals surface area contributed by atoms with Gasteiger partial charge >= 0.3 is 0 Å². The first-order chi connectivity index (χ1) is 17.2. The summed E-state index contributed by atoms with van der Waals surface area (Å²) < 4.78 is 32.0. The van der Waals surface area contributed by atoms with Crippen LogP contribution in [-0.4, -0.2) is 122 Å². The Morgan fingerprint density at radius 2 is 1.47 bits per heavy atom. The predicted molar refractivity (Wildman–Crippen MR) is 110 cm³/mol. The molecule has 0 amide bonds. The third-order valence-corrected chi connectivity index (χ3v) is 6.13. The van der Waals surface area contributed by atoms with Gasteiger partial charge in [-0.1, -0.05) is 0 Å². The Morgan fingerprint density at radius 1 is 0.861 bits per heavy atom. The maximum absolute atomic E-state index is 11.4. The number of ether oxygens (including phenoxy) is 6. The fourth-order valence-electron chi connectivity index (χ4n) is 4.12. The number of aliphatic hydroxyl groups is 7.